The Morgan fingerprint density at radius 3 is 1.35 bits per heavy atom. The molecule has 0 unspecified atom stereocenters. The van der Waals surface area contributed by atoms with Crippen LogP contribution < -0.4 is 0 Å². The van der Waals surface area contributed by atoms with Gasteiger partial charge in [0.05, 0.1) is 5.69 Å². The normalized spacial score (nSPS) is 11.9. The third-order valence-corrected chi connectivity index (χ3v) is 9.47. The molecule has 0 saturated carbocycles. The summed E-state index contributed by atoms with van der Waals surface area (Å²) in [5, 5.41) is 0. The fraction of sp³-hybridized carbons (Fsp3) is 0.688. The summed E-state index contributed by atoms with van der Waals surface area (Å²) < 4.78 is 0. The molecule has 0 atom stereocenters. The van der Waals surface area contributed by atoms with E-state index in [-0.39, 0.29) is 7.43 Å². The Labute approximate surface area is 333 Å². The molecule has 1 aromatic carbocycles. The highest BCUT2D eigenvalue weighted by atomic mass is 15.0. The van der Waals surface area contributed by atoms with Gasteiger partial charge in [-0.25, -0.2) is 15.0 Å². The zero-order chi connectivity index (χ0) is 39.8. The number of aromatic nitrogens is 6. The number of nitrogens with one attached hydrogen (secondary N) is 3. The number of fused-ring (bicyclic) bond motifs is 3. The lowest BCUT2D eigenvalue weighted by atomic mass is 9.99. The van der Waals surface area contributed by atoms with Crippen LogP contribution in [0.15, 0.2) is 30.6 Å². The monoisotopic (exact) mass is 745 g/mol. The van der Waals surface area contributed by atoms with E-state index in [9.17, 15) is 0 Å². The second kappa shape index (κ2) is 24.4. The van der Waals surface area contributed by atoms with E-state index in [1.807, 2.05) is 12.4 Å². The standard InChI is InChI=1S/C17H22N2.2C11H20N2.C8H18.CH4/c1-10(2)7-12-5-6-14-13(8-12)9-15-16(14)19-17(18-15)11(3)4;2*1-8(2)5-6-10-7-12-11(13-10)9(3)4;1-7(2)5-6-8(3)4;/h5-6,8,10-11H,7,9H2,1-4H3,(H,18,19);2*7-9H,5-6H2,1-4H3,(H,12,13);7-8H,5-6H2,1-4H3;1H4. The third-order valence-electron chi connectivity index (χ3n) is 9.47. The summed E-state index contributed by atoms with van der Waals surface area (Å²) in [5.41, 5.74) is 9.22. The average Bonchev–Trinajstić information content (AvgIpc) is 3.86. The van der Waals surface area contributed by atoms with Crippen molar-refractivity contribution < 1.29 is 0 Å². The van der Waals surface area contributed by atoms with Gasteiger partial charge in [-0.15, -0.1) is 0 Å². The lowest BCUT2D eigenvalue weighted by Gasteiger charge is -2.07. The Balaban J connectivity index is 0.000000374. The number of hydrogen-bond acceptors (Lipinski definition) is 3. The molecule has 0 radical (unpaired) electrons. The second-order valence-corrected chi connectivity index (χ2v) is 18.5. The average molecular weight is 745 g/mol. The van der Waals surface area contributed by atoms with E-state index < -0.39 is 0 Å². The Morgan fingerprint density at radius 1 is 0.537 bits per heavy atom. The van der Waals surface area contributed by atoms with Crippen LogP contribution in [-0.2, 0) is 25.7 Å². The van der Waals surface area contributed by atoms with Gasteiger partial charge in [0.15, 0.2) is 0 Å². The van der Waals surface area contributed by atoms with E-state index in [1.54, 1.807) is 0 Å². The summed E-state index contributed by atoms with van der Waals surface area (Å²) in [7, 11) is 0. The minimum Gasteiger partial charge on any atom is -0.346 e. The maximum atomic E-state index is 4.77. The van der Waals surface area contributed by atoms with Crippen molar-refractivity contribution in [2.75, 3.05) is 0 Å². The van der Waals surface area contributed by atoms with Crippen LogP contribution in [0.25, 0.3) is 11.3 Å². The summed E-state index contributed by atoms with van der Waals surface area (Å²) >= 11 is 0. The molecule has 6 heteroatoms. The van der Waals surface area contributed by atoms with Gasteiger partial charge in [0.2, 0.25) is 0 Å². The first-order valence-electron chi connectivity index (χ1n) is 21.1. The minimum absolute atomic E-state index is 0. The van der Waals surface area contributed by atoms with Gasteiger partial charge < -0.3 is 15.0 Å². The van der Waals surface area contributed by atoms with Crippen molar-refractivity contribution >= 4 is 0 Å². The van der Waals surface area contributed by atoms with Crippen molar-refractivity contribution in [2.24, 2.45) is 29.6 Å². The number of aryl methyl sites for hydroxylation is 2. The molecular formula is C48H84N6. The van der Waals surface area contributed by atoms with Gasteiger partial charge in [0.25, 0.3) is 0 Å². The van der Waals surface area contributed by atoms with Gasteiger partial charge >= 0.3 is 0 Å². The smallest absolute Gasteiger partial charge is 0.109 e. The summed E-state index contributed by atoms with van der Waals surface area (Å²) in [4.78, 5) is 23.6. The molecular weight excluding hydrogens is 661 g/mol. The molecule has 0 bridgehead atoms. The fourth-order valence-electron chi connectivity index (χ4n) is 6.02. The number of nitrogens with zero attached hydrogens (tertiary/aromatic N) is 3. The van der Waals surface area contributed by atoms with Gasteiger partial charge in [-0.2, -0.15) is 0 Å². The van der Waals surface area contributed by atoms with Crippen molar-refractivity contribution in [2.45, 2.75) is 187 Å². The van der Waals surface area contributed by atoms with Crippen molar-refractivity contribution in [1.82, 2.24) is 29.9 Å². The van der Waals surface area contributed by atoms with Crippen LogP contribution >= 0.6 is 0 Å². The molecule has 6 nitrogen and oxygen atoms in total. The largest absolute Gasteiger partial charge is 0.346 e. The highest BCUT2D eigenvalue weighted by Gasteiger charge is 2.23. The van der Waals surface area contributed by atoms with E-state index in [1.165, 1.54) is 65.1 Å². The number of H-pyrrole nitrogens is 3. The third kappa shape index (κ3) is 18.0. The number of hydrogen-bond donors (Lipinski definition) is 3. The maximum absolute atomic E-state index is 4.77. The highest BCUT2D eigenvalue weighted by molar-refractivity contribution is 5.73. The second-order valence-electron chi connectivity index (χ2n) is 18.5. The van der Waals surface area contributed by atoms with E-state index in [2.05, 4.69) is 154 Å². The molecule has 3 aromatic heterocycles. The van der Waals surface area contributed by atoms with E-state index in [0.29, 0.717) is 23.7 Å². The Bertz CT molecular complexity index is 1500. The molecule has 3 N–H and O–H groups in total. The summed E-state index contributed by atoms with van der Waals surface area (Å²) in [6.07, 6.45) is 13.6. The first-order valence-corrected chi connectivity index (χ1v) is 21.1. The lowest BCUT2D eigenvalue weighted by Crippen LogP contribution is -1.96. The minimum atomic E-state index is 0. The van der Waals surface area contributed by atoms with Crippen molar-refractivity contribution in [3.8, 4) is 11.3 Å². The molecule has 4 aromatic rings. The molecule has 0 amide bonds. The van der Waals surface area contributed by atoms with E-state index in [4.69, 9.17) is 4.98 Å². The summed E-state index contributed by atoms with van der Waals surface area (Å²) in [5.74, 6) is 8.84. The molecule has 5 rings (SSSR count). The first kappa shape index (κ1) is 48.9. The molecule has 0 fully saturated rings. The number of rotatable bonds is 14. The molecule has 3 heterocycles. The summed E-state index contributed by atoms with van der Waals surface area (Å²) in [6, 6.07) is 6.88. The van der Waals surface area contributed by atoms with Gasteiger partial charge in [-0.1, -0.05) is 149 Å². The Morgan fingerprint density at radius 2 is 0.981 bits per heavy atom. The lowest BCUT2D eigenvalue weighted by molar-refractivity contribution is 0.476. The van der Waals surface area contributed by atoms with Crippen molar-refractivity contribution in [3.63, 3.8) is 0 Å². The molecule has 0 spiro atoms. The molecule has 306 valence electrons. The quantitative estimate of drug-likeness (QED) is 0.106. The van der Waals surface area contributed by atoms with E-state index in [0.717, 1.165) is 66.8 Å². The maximum Gasteiger partial charge on any atom is 0.109 e. The van der Waals surface area contributed by atoms with Crippen LogP contribution in [0.2, 0.25) is 0 Å². The predicted molar refractivity (Wildman–Crippen MR) is 237 cm³/mol. The van der Waals surface area contributed by atoms with Gasteiger partial charge in [0.1, 0.15) is 17.5 Å². The molecule has 54 heavy (non-hydrogen) atoms. The van der Waals surface area contributed by atoms with Crippen molar-refractivity contribution in [1.29, 1.82) is 0 Å². The zero-order valence-electron chi connectivity index (χ0n) is 37.0. The fourth-order valence-corrected chi connectivity index (χ4v) is 6.02. The Hall–Kier alpha value is -3.15. The topological polar surface area (TPSA) is 86.0 Å². The SMILES string of the molecule is C.CC(C)CCC(C)C.CC(C)CCc1cnc(C(C)C)[nH]1.CC(C)CCc1cnc(C(C)C)[nH]1.CC(C)Cc1ccc2c(c1)Cc1[nH]c(C(C)C)nc1-2. The zero-order valence-corrected chi connectivity index (χ0v) is 37.0. The summed E-state index contributed by atoms with van der Waals surface area (Å²) in [6.45, 7) is 35.7. The van der Waals surface area contributed by atoms with Crippen molar-refractivity contribution in [3.05, 3.63) is 76.3 Å². The van der Waals surface area contributed by atoms with Gasteiger partial charge in [-0.3, -0.25) is 0 Å². The van der Waals surface area contributed by atoms with Crippen LogP contribution in [-0.4, -0.2) is 29.9 Å². The van der Waals surface area contributed by atoms with Crippen LogP contribution in [0.3, 0.4) is 0 Å². The van der Waals surface area contributed by atoms with Crippen LogP contribution in [0, 0.1) is 29.6 Å². The van der Waals surface area contributed by atoms with E-state index >= 15 is 0 Å². The van der Waals surface area contributed by atoms with Gasteiger partial charge in [-0.05, 0) is 72.8 Å². The number of imidazole rings is 3. The number of benzene rings is 1. The molecule has 1 aliphatic carbocycles. The van der Waals surface area contributed by atoms with Crippen LogP contribution in [0.1, 0.15) is 207 Å². The predicted octanol–water partition coefficient (Wildman–Crippen LogP) is 14.3. The van der Waals surface area contributed by atoms with Crippen LogP contribution in [0.5, 0.6) is 0 Å². The molecule has 1 aliphatic rings. The van der Waals surface area contributed by atoms with Gasteiger partial charge in [0, 0.05) is 59.2 Å². The number of aromatic amines is 3. The highest BCUT2D eigenvalue weighted by Crippen LogP contribution is 2.36. The first-order chi connectivity index (χ1) is 24.9. The molecule has 0 saturated heterocycles. The Kier molecular flexibility index (Phi) is 22.1. The molecule has 0 aliphatic heterocycles. The van der Waals surface area contributed by atoms with Crippen LogP contribution in [0.4, 0.5) is 0 Å².